The van der Waals surface area contributed by atoms with E-state index in [9.17, 15) is 9.59 Å². The van der Waals surface area contributed by atoms with Gasteiger partial charge in [-0.15, -0.1) is 0 Å². The summed E-state index contributed by atoms with van der Waals surface area (Å²) in [5.41, 5.74) is 1.62. The van der Waals surface area contributed by atoms with E-state index < -0.39 is 12.1 Å². The van der Waals surface area contributed by atoms with E-state index in [4.69, 9.17) is 9.84 Å². The summed E-state index contributed by atoms with van der Waals surface area (Å²) in [6.07, 6.45) is 1.85. The molecule has 0 atom stereocenters. The van der Waals surface area contributed by atoms with Gasteiger partial charge in [0.15, 0.2) is 11.1 Å². The Bertz CT molecular complexity index is 945. The molecular weight excluding hydrogens is 314 g/mol. The van der Waals surface area contributed by atoms with Gasteiger partial charge in [-0.05, 0) is 5.56 Å². The van der Waals surface area contributed by atoms with Gasteiger partial charge in [-0.3, -0.25) is 4.79 Å². The number of rotatable bonds is 4. The van der Waals surface area contributed by atoms with Crippen molar-refractivity contribution < 1.29 is 19.4 Å². The third-order valence-corrected chi connectivity index (χ3v) is 3.14. The van der Waals surface area contributed by atoms with Crippen LogP contribution in [0.4, 0.5) is 4.79 Å². The van der Waals surface area contributed by atoms with Gasteiger partial charge in [0, 0.05) is 0 Å². The summed E-state index contributed by atoms with van der Waals surface area (Å²) in [4.78, 5) is 37.3. The SMILES string of the molecule is O=C(O)Cn1cn/c(=N\C(=O)OCc2ccccc2)c2[nH]cnc21. The fraction of sp³-hybridized carbons (Fsp3) is 0.133. The van der Waals surface area contributed by atoms with Crippen molar-refractivity contribution in [3.8, 4) is 0 Å². The lowest BCUT2D eigenvalue weighted by molar-refractivity contribution is -0.137. The molecule has 0 bridgehead atoms. The normalized spacial score (nSPS) is 11.6. The molecule has 0 unspecified atom stereocenters. The van der Waals surface area contributed by atoms with Crippen LogP contribution in [-0.4, -0.2) is 36.7 Å². The number of H-pyrrole nitrogens is 1. The van der Waals surface area contributed by atoms with Crippen LogP contribution < -0.4 is 5.49 Å². The van der Waals surface area contributed by atoms with Gasteiger partial charge in [0.1, 0.15) is 18.7 Å². The number of ether oxygens (including phenoxy) is 1. The van der Waals surface area contributed by atoms with Gasteiger partial charge >= 0.3 is 12.1 Å². The Balaban J connectivity index is 1.83. The molecule has 2 N–H and O–H groups in total. The van der Waals surface area contributed by atoms with E-state index in [1.165, 1.54) is 17.2 Å². The summed E-state index contributed by atoms with van der Waals surface area (Å²) in [6.45, 7) is -0.200. The Hall–Kier alpha value is -3.49. The van der Waals surface area contributed by atoms with E-state index in [0.717, 1.165) is 5.56 Å². The second kappa shape index (κ2) is 6.73. The molecule has 0 saturated carbocycles. The zero-order valence-corrected chi connectivity index (χ0v) is 12.4. The number of imidazole rings is 1. The third-order valence-electron chi connectivity index (χ3n) is 3.14. The molecule has 3 rings (SSSR count). The summed E-state index contributed by atoms with van der Waals surface area (Å²) >= 11 is 0. The zero-order valence-electron chi connectivity index (χ0n) is 12.4. The maximum Gasteiger partial charge on any atom is 0.436 e. The van der Waals surface area contributed by atoms with Gasteiger partial charge in [-0.2, -0.15) is 4.99 Å². The number of carboxylic acid groups (broad SMARTS) is 1. The van der Waals surface area contributed by atoms with Crippen LogP contribution in [0.5, 0.6) is 0 Å². The highest BCUT2D eigenvalue weighted by molar-refractivity contribution is 5.75. The molecule has 0 fully saturated rings. The standard InChI is InChI=1S/C15H13N5O4/c21-11(22)6-20-9-18-13(12-14(20)17-8-16-12)19-15(23)24-7-10-4-2-1-3-5-10/h1-5,8-9H,6-7H2,(H,16,17)(H,21,22)/b19-13-. The molecule has 1 aromatic carbocycles. The maximum absolute atomic E-state index is 11.8. The molecule has 0 aliphatic carbocycles. The lowest BCUT2D eigenvalue weighted by Gasteiger charge is -2.03. The molecule has 2 aromatic heterocycles. The van der Waals surface area contributed by atoms with Gasteiger partial charge in [-0.1, -0.05) is 30.3 Å². The number of benzene rings is 1. The van der Waals surface area contributed by atoms with Gasteiger partial charge < -0.3 is 19.4 Å². The number of hydrogen-bond acceptors (Lipinski definition) is 5. The number of nitrogens with zero attached hydrogens (tertiary/aromatic N) is 4. The fourth-order valence-corrected chi connectivity index (χ4v) is 2.10. The van der Waals surface area contributed by atoms with Crippen LogP contribution in [0.1, 0.15) is 5.56 Å². The summed E-state index contributed by atoms with van der Waals surface area (Å²) in [6, 6.07) is 9.21. The molecule has 9 nitrogen and oxygen atoms in total. The topological polar surface area (TPSA) is 122 Å². The number of hydrogen-bond donors (Lipinski definition) is 2. The van der Waals surface area contributed by atoms with Gasteiger partial charge in [0.25, 0.3) is 0 Å². The largest absolute Gasteiger partial charge is 0.480 e. The van der Waals surface area contributed by atoms with Crippen molar-refractivity contribution in [3.05, 3.63) is 54.0 Å². The number of aliphatic carboxylic acids is 1. The molecule has 2 heterocycles. The average molecular weight is 327 g/mol. The zero-order chi connectivity index (χ0) is 16.9. The molecule has 0 saturated heterocycles. The Kier molecular flexibility index (Phi) is 4.32. The molecule has 0 radical (unpaired) electrons. The predicted molar refractivity (Wildman–Crippen MR) is 81.7 cm³/mol. The molecule has 9 heteroatoms. The van der Waals surface area contributed by atoms with Gasteiger partial charge in [0.2, 0.25) is 0 Å². The highest BCUT2D eigenvalue weighted by atomic mass is 16.5. The predicted octanol–water partition coefficient (Wildman–Crippen LogP) is 1.08. The van der Waals surface area contributed by atoms with Crippen LogP contribution in [0.15, 0.2) is 48.0 Å². The van der Waals surface area contributed by atoms with Crippen molar-refractivity contribution in [2.45, 2.75) is 13.2 Å². The first-order valence-electron chi connectivity index (χ1n) is 6.99. The minimum atomic E-state index is -1.03. The van der Waals surface area contributed by atoms with Crippen molar-refractivity contribution in [1.29, 1.82) is 0 Å². The van der Waals surface area contributed by atoms with E-state index >= 15 is 0 Å². The number of amides is 1. The molecule has 24 heavy (non-hydrogen) atoms. The lowest BCUT2D eigenvalue weighted by Crippen LogP contribution is -2.19. The monoisotopic (exact) mass is 327 g/mol. The molecule has 0 aliphatic rings. The van der Waals surface area contributed by atoms with Crippen LogP contribution in [-0.2, 0) is 22.7 Å². The first kappa shape index (κ1) is 15.4. The van der Waals surface area contributed by atoms with Crippen molar-refractivity contribution >= 4 is 23.2 Å². The third kappa shape index (κ3) is 3.46. The number of carbonyl (C=O) groups is 2. The van der Waals surface area contributed by atoms with E-state index in [1.807, 2.05) is 30.3 Å². The first-order chi connectivity index (χ1) is 11.6. The van der Waals surface area contributed by atoms with Gasteiger partial charge in [0.05, 0.1) is 12.7 Å². The number of carbonyl (C=O) groups excluding carboxylic acids is 1. The van der Waals surface area contributed by atoms with Crippen LogP contribution in [0.3, 0.4) is 0 Å². The molecular formula is C15H13N5O4. The van der Waals surface area contributed by atoms with Gasteiger partial charge in [-0.25, -0.2) is 14.8 Å². The van der Waals surface area contributed by atoms with Crippen LogP contribution in [0, 0.1) is 0 Å². The van der Waals surface area contributed by atoms with Crippen LogP contribution in [0.2, 0.25) is 0 Å². The van der Waals surface area contributed by atoms with Crippen LogP contribution >= 0.6 is 0 Å². The van der Waals surface area contributed by atoms with E-state index in [1.54, 1.807) is 0 Å². The molecule has 3 aromatic rings. The Morgan fingerprint density at radius 1 is 1.25 bits per heavy atom. The Morgan fingerprint density at radius 3 is 2.79 bits per heavy atom. The van der Waals surface area contributed by atoms with E-state index in [-0.39, 0.29) is 18.6 Å². The second-order valence-electron chi connectivity index (χ2n) is 4.84. The molecule has 0 aliphatic heterocycles. The number of nitrogens with one attached hydrogen (secondary N) is 1. The summed E-state index contributed by atoms with van der Waals surface area (Å²) in [5.74, 6) is -1.03. The van der Waals surface area contributed by atoms with Crippen molar-refractivity contribution in [2.24, 2.45) is 4.99 Å². The number of fused-ring (bicyclic) bond motifs is 1. The quantitative estimate of drug-likeness (QED) is 0.739. The molecule has 1 amide bonds. The first-order valence-corrected chi connectivity index (χ1v) is 6.99. The minimum absolute atomic E-state index is 0.0854. The van der Waals surface area contributed by atoms with E-state index in [2.05, 4.69) is 19.9 Å². The fourth-order valence-electron chi connectivity index (χ4n) is 2.10. The van der Waals surface area contributed by atoms with Crippen LogP contribution in [0.25, 0.3) is 11.2 Å². The highest BCUT2D eigenvalue weighted by Gasteiger charge is 2.09. The maximum atomic E-state index is 11.8. The van der Waals surface area contributed by atoms with Crippen molar-refractivity contribution in [1.82, 2.24) is 19.5 Å². The highest BCUT2D eigenvalue weighted by Crippen LogP contribution is 2.04. The smallest absolute Gasteiger partial charge is 0.436 e. The number of aromatic amines is 1. The number of aromatic nitrogens is 4. The van der Waals surface area contributed by atoms with Crippen molar-refractivity contribution in [3.63, 3.8) is 0 Å². The Morgan fingerprint density at radius 2 is 2.04 bits per heavy atom. The summed E-state index contributed by atoms with van der Waals surface area (Å²) < 4.78 is 6.41. The second-order valence-corrected chi connectivity index (χ2v) is 4.84. The summed E-state index contributed by atoms with van der Waals surface area (Å²) in [7, 11) is 0. The Labute approximate surface area is 135 Å². The number of carboxylic acids is 1. The minimum Gasteiger partial charge on any atom is -0.480 e. The molecule has 122 valence electrons. The van der Waals surface area contributed by atoms with Crippen molar-refractivity contribution in [2.75, 3.05) is 0 Å². The summed E-state index contributed by atoms with van der Waals surface area (Å²) in [5, 5.41) is 8.87. The molecule has 0 spiro atoms. The van der Waals surface area contributed by atoms with E-state index in [0.29, 0.717) is 11.2 Å². The lowest BCUT2D eigenvalue weighted by atomic mass is 10.2. The average Bonchev–Trinajstić information content (AvgIpc) is 3.06.